The molecule has 2 aromatic carbocycles. The Kier molecular flexibility index (Phi) is 3.40. The maximum Gasteiger partial charge on any atom is 0.213 e. The van der Waals surface area contributed by atoms with Crippen molar-refractivity contribution in [2.24, 2.45) is 0 Å². The average molecular weight is 325 g/mol. The predicted octanol–water partition coefficient (Wildman–Crippen LogP) is 3.76. The van der Waals surface area contributed by atoms with Crippen molar-refractivity contribution in [3.8, 4) is 21.8 Å². The second kappa shape index (κ2) is 5.57. The number of halogens is 1. The van der Waals surface area contributed by atoms with Gasteiger partial charge in [-0.2, -0.15) is 5.10 Å². The Morgan fingerprint density at radius 2 is 1.74 bits per heavy atom. The Balaban J connectivity index is 1.85. The molecule has 0 saturated heterocycles. The Bertz CT molecular complexity index is 961. The summed E-state index contributed by atoms with van der Waals surface area (Å²) in [5, 5.41) is 15.0. The van der Waals surface area contributed by atoms with Gasteiger partial charge in [-0.3, -0.25) is 0 Å². The fourth-order valence-electron chi connectivity index (χ4n) is 2.47. The largest absolute Gasteiger partial charge is 0.390 e. The van der Waals surface area contributed by atoms with Gasteiger partial charge in [-0.1, -0.05) is 41.7 Å². The maximum atomic E-state index is 13.0. The molecule has 0 radical (unpaired) electrons. The van der Waals surface area contributed by atoms with Gasteiger partial charge in [-0.25, -0.2) is 13.9 Å². The number of fused-ring (bicyclic) bond motifs is 1. The maximum absolute atomic E-state index is 13.0. The summed E-state index contributed by atoms with van der Waals surface area (Å²) in [6.45, 7) is -0.155. The highest BCUT2D eigenvalue weighted by atomic mass is 32.1. The summed E-state index contributed by atoms with van der Waals surface area (Å²) in [6, 6.07) is 15.9. The van der Waals surface area contributed by atoms with Crippen LogP contribution in [0.15, 0.2) is 54.6 Å². The number of aliphatic hydroxyl groups excluding tert-OH is 1. The van der Waals surface area contributed by atoms with Crippen molar-refractivity contribution in [2.75, 3.05) is 0 Å². The summed E-state index contributed by atoms with van der Waals surface area (Å²) < 4.78 is 14.7. The summed E-state index contributed by atoms with van der Waals surface area (Å²) in [6.07, 6.45) is 0. The number of benzene rings is 2. The zero-order valence-electron chi connectivity index (χ0n) is 12.0. The second-order valence-electron chi connectivity index (χ2n) is 5.04. The van der Waals surface area contributed by atoms with E-state index in [2.05, 4.69) is 10.1 Å². The molecule has 0 aliphatic heterocycles. The second-order valence-corrected chi connectivity index (χ2v) is 6.00. The highest BCUT2D eigenvalue weighted by Crippen LogP contribution is 2.31. The minimum Gasteiger partial charge on any atom is -0.390 e. The van der Waals surface area contributed by atoms with E-state index in [0.29, 0.717) is 10.7 Å². The van der Waals surface area contributed by atoms with E-state index in [-0.39, 0.29) is 12.4 Å². The third-order valence-corrected chi connectivity index (χ3v) is 4.54. The van der Waals surface area contributed by atoms with Crippen molar-refractivity contribution in [3.05, 3.63) is 66.1 Å². The van der Waals surface area contributed by atoms with Gasteiger partial charge in [0.2, 0.25) is 4.96 Å². The lowest BCUT2D eigenvalue weighted by Crippen LogP contribution is -1.95. The van der Waals surface area contributed by atoms with Crippen molar-refractivity contribution in [1.29, 1.82) is 0 Å². The normalized spacial score (nSPS) is 11.2. The molecule has 114 valence electrons. The third kappa shape index (κ3) is 2.42. The Morgan fingerprint density at radius 3 is 2.43 bits per heavy atom. The highest BCUT2D eigenvalue weighted by molar-refractivity contribution is 7.19. The fraction of sp³-hybridized carbons (Fsp3) is 0.0588. The van der Waals surface area contributed by atoms with Crippen LogP contribution < -0.4 is 0 Å². The molecule has 0 atom stereocenters. The summed E-state index contributed by atoms with van der Waals surface area (Å²) in [5.41, 5.74) is 3.15. The molecule has 0 saturated carbocycles. The molecule has 0 amide bonds. The number of aromatic nitrogens is 3. The summed E-state index contributed by atoms with van der Waals surface area (Å²) >= 11 is 1.41. The first-order chi connectivity index (χ1) is 11.3. The van der Waals surface area contributed by atoms with Crippen molar-refractivity contribution < 1.29 is 9.50 Å². The lowest BCUT2D eigenvalue weighted by molar-refractivity contribution is 0.275. The van der Waals surface area contributed by atoms with Gasteiger partial charge in [0.1, 0.15) is 10.8 Å². The zero-order valence-corrected chi connectivity index (χ0v) is 12.8. The van der Waals surface area contributed by atoms with E-state index in [1.165, 1.54) is 23.5 Å². The van der Waals surface area contributed by atoms with Crippen LogP contribution in [0.5, 0.6) is 0 Å². The average Bonchev–Trinajstić information content (AvgIpc) is 3.13. The molecule has 0 fully saturated rings. The molecular weight excluding hydrogens is 313 g/mol. The number of hydrogen-bond donors (Lipinski definition) is 1. The van der Waals surface area contributed by atoms with Gasteiger partial charge in [0, 0.05) is 11.1 Å². The molecule has 4 nitrogen and oxygen atoms in total. The summed E-state index contributed by atoms with van der Waals surface area (Å²) in [7, 11) is 0. The molecule has 1 N–H and O–H groups in total. The van der Waals surface area contributed by atoms with Crippen LogP contribution in [0.2, 0.25) is 0 Å². The van der Waals surface area contributed by atoms with Crippen LogP contribution in [0.1, 0.15) is 5.69 Å². The first kappa shape index (κ1) is 14.0. The van der Waals surface area contributed by atoms with Crippen LogP contribution in [-0.2, 0) is 6.61 Å². The molecule has 23 heavy (non-hydrogen) atoms. The van der Waals surface area contributed by atoms with Gasteiger partial charge in [0.25, 0.3) is 0 Å². The van der Waals surface area contributed by atoms with E-state index < -0.39 is 0 Å². The molecular formula is C17H12FN3OS. The number of aliphatic hydroxyl groups is 1. The number of nitrogens with zero attached hydrogens (tertiary/aromatic N) is 3. The van der Waals surface area contributed by atoms with Crippen molar-refractivity contribution in [2.45, 2.75) is 6.61 Å². The topological polar surface area (TPSA) is 50.4 Å². The lowest BCUT2D eigenvalue weighted by Gasteiger charge is -2.00. The lowest BCUT2D eigenvalue weighted by atomic mass is 10.1. The van der Waals surface area contributed by atoms with Gasteiger partial charge < -0.3 is 5.11 Å². The van der Waals surface area contributed by atoms with Gasteiger partial charge in [-0.05, 0) is 24.3 Å². The van der Waals surface area contributed by atoms with E-state index in [4.69, 9.17) is 0 Å². The van der Waals surface area contributed by atoms with Crippen LogP contribution in [-0.4, -0.2) is 19.7 Å². The molecule has 6 heteroatoms. The van der Waals surface area contributed by atoms with Gasteiger partial charge >= 0.3 is 0 Å². The molecule has 2 heterocycles. The number of hydrogen-bond acceptors (Lipinski definition) is 4. The van der Waals surface area contributed by atoms with Gasteiger partial charge in [0.15, 0.2) is 0 Å². The summed E-state index contributed by atoms with van der Waals surface area (Å²) in [5.74, 6) is -0.280. The van der Waals surface area contributed by atoms with E-state index in [1.807, 2.05) is 30.3 Å². The molecule has 0 bridgehead atoms. The minimum absolute atomic E-state index is 0.155. The van der Waals surface area contributed by atoms with E-state index in [1.54, 1.807) is 16.6 Å². The Labute approximate surface area is 135 Å². The van der Waals surface area contributed by atoms with Crippen LogP contribution >= 0.6 is 11.3 Å². The van der Waals surface area contributed by atoms with Crippen molar-refractivity contribution in [3.63, 3.8) is 0 Å². The number of rotatable bonds is 3. The molecule has 4 aromatic rings. The minimum atomic E-state index is -0.280. The third-order valence-electron chi connectivity index (χ3n) is 3.58. The highest BCUT2D eigenvalue weighted by Gasteiger charge is 2.17. The number of imidazole rings is 1. The standard InChI is InChI=1S/C17H12FN3OS/c18-13-8-6-12(7-9-13)16-20-21-14(10-22)15(19-17(21)23-16)11-4-2-1-3-5-11/h1-9,22H,10H2. The Hall–Kier alpha value is -2.57. The predicted molar refractivity (Wildman–Crippen MR) is 87.6 cm³/mol. The van der Waals surface area contributed by atoms with Gasteiger partial charge in [0.05, 0.1) is 18.0 Å². The first-order valence-corrected chi connectivity index (χ1v) is 7.88. The molecule has 0 unspecified atom stereocenters. The van der Waals surface area contributed by atoms with Crippen LogP contribution in [0.25, 0.3) is 26.8 Å². The quantitative estimate of drug-likeness (QED) is 0.624. The van der Waals surface area contributed by atoms with Crippen molar-refractivity contribution in [1.82, 2.24) is 14.6 Å². The smallest absolute Gasteiger partial charge is 0.213 e. The van der Waals surface area contributed by atoms with E-state index in [0.717, 1.165) is 21.8 Å². The summed E-state index contributed by atoms with van der Waals surface area (Å²) in [4.78, 5) is 5.30. The van der Waals surface area contributed by atoms with Crippen molar-refractivity contribution >= 4 is 16.3 Å². The first-order valence-electron chi connectivity index (χ1n) is 7.07. The van der Waals surface area contributed by atoms with Crippen LogP contribution in [0.3, 0.4) is 0 Å². The van der Waals surface area contributed by atoms with E-state index >= 15 is 0 Å². The molecule has 0 aliphatic rings. The monoisotopic (exact) mass is 325 g/mol. The van der Waals surface area contributed by atoms with Crippen LogP contribution in [0, 0.1) is 5.82 Å². The van der Waals surface area contributed by atoms with Crippen LogP contribution in [0.4, 0.5) is 4.39 Å². The molecule has 0 spiro atoms. The molecule has 2 aromatic heterocycles. The molecule has 0 aliphatic carbocycles. The SMILES string of the molecule is OCc1c(-c2ccccc2)nc2sc(-c3ccc(F)cc3)nn12. The fourth-order valence-corrected chi connectivity index (χ4v) is 3.39. The zero-order chi connectivity index (χ0) is 15.8. The Morgan fingerprint density at radius 1 is 1.00 bits per heavy atom. The van der Waals surface area contributed by atoms with E-state index in [9.17, 15) is 9.50 Å². The molecule has 4 rings (SSSR count). The van der Waals surface area contributed by atoms with Gasteiger partial charge in [-0.15, -0.1) is 0 Å².